The Morgan fingerprint density at radius 3 is 2.63 bits per heavy atom. The molecule has 0 aliphatic heterocycles. The van der Waals surface area contributed by atoms with Gasteiger partial charge in [0.1, 0.15) is 0 Å². The van der Waals surface area contributed by atoms with E-state index in [1.165, 1.54) is 35.7 Å². The maximum Gasteiger partial charge on any atom is 0.0457 e. The minimum atomic E-state index is 0.687. The van der Waals surface area contributed by atoms with Gasteiger partial charge in [0.15, 0.2) is 0 Å². The summed E-state index contributed by atoms with van der Waals surface area (Å²) in [7, 11) is 0. The highest BCUT2D eigenvalue weighted by Gasteiger charge is 2.23. The van der Waals surface area contributed by atoms with Crippen LogP contribution in [0.1, 0.15) is 38.7 Å². The Balaban J connectivity index is 1.66. The van der Waals surface area contributed by atoms with Gasteiger partial charge in [0.05, 0.1) is 0 Å². The molecule has 1 heterocycles. The molecular formula is C17H24N2. The summed E-state index contributed by atoms with van der Waals surface area (Å²) in [5, 5.41) is 5.11. The Bertz CT molecular complexity index is 533. The molecule has 0 saturated heterocycles. The largest absolute Gasteiger partial charge is 0.361 e. The van der Waals surface area contributed by atoms with E-state index in [0.717, 1.165) is 18.4 Å². The van der Waals surface area contributed by atoms with Gasteiger partial charge in [0.2, 0.25) is 0 Å². The third-order valence-corrected chi connectivity index (χ3v) is 4.43. The van der Waals surface area contributed by atoms with Crippen LogP contribution >= 0.6 is 0 Å². The Hall–Kier alpha value is -1.28. The minimum Gasteiger partial charge on any atom is -0.361 e. The molecule has 2 atom stereocenters. The van der Waals surface area contributed by atoms with E-state index in [9.17, 15) is 0 Å². The molecule has 1 aromatic carbocycles. The predicted octanol–water partition coefficient (Wildman–Crippen LogP) is 4.08. The standard InChI is InChI=1S/C17H24N2/c1-12-7-13(2)9-15(8-12)18-10-14-11-19-17-6-4-3-5-16(14)17/h3-6,11-13,15,18-19H,7-10H2,1-2H3. The van der Waals surface area contributed by atoms with Gasteiger partial charge in [0, 0.05) is 29.7 Å². The van der Waals surface area contributed by atoms with Crippen LogP contribution in [0.2, 0.25) is 0 Å². The van der Waals surface area contributed by atoms with Crippen LogP contribution in [0.15, 0.2) is 30.5 Å². The van der Waals surface area contributed by atoms with E-state index in [-0.39, 0.29) is 0 Å². The molecule has 0 amide bonds. The van der Waals surface area contributed by atoms with Crippen LogP contribution in [-0.2, 0) is 6.54 Å². The van der Waals surface area contributed by atoms with E-state index in [4.69, 9.17) is 0 Å². The van der Waals surface area contributed by atoms with Crippen LogP contribution in [0.25, 0.3) is 10.9 Å². The molecule has 19 heavy (non-hydrogen) atoms. The van der Waals surface area contributed by atoms with Gasteiger partial charge in [-0.1, -0.05) is 32.0 Å². The van der Waals surface area contributed by atoms with Crippen LogP contribution in [0, 0.1) is 11.8 Å². The third kappa shape index (κ3) is 2.84. The van der Waals surface area contributed by atoms with Crippen LogP contribution in [0.4, 0.5) is 0 Å². The van der Waals surface area contributed by atoms with Crippen molar-refractivity contribution in [2.45, 2.75) is 45.7 Å². The van der Waals surface area contributed by atoms with Crippen molar-refractivity contribution in [3.63, 3.8) is 0 Å². The second-order valence-corrected chi connectivity index (χ2v) is 6.35. The molecule has 3 rings (SSSR count). The van der Waals surface area contributed by atoms with Gasteiger partial charge in [-0.2, -0.15) is 0 Å². The van der Waals surface area contributed by atoms with E-state index in [2.05, 4.69) is 54.6 Å². The number of benzene rings is 1. The first-order valence-corrected chi connectivity index (χ1v) is 7.50. The smallest absolute Gasteiger partial charge is 0.0457 e. The van der Waals surface area contributed by atoms with Gasteiger partial charge >= 0.3 is 0 Å². The fourth-order valence-corrected chi connectivity index (χ4v) is 3.65. The molecule has 2 aromatic rings. The summed E-state index contributed by atoms with van der Waals surface area (Å²) in [6, 6.07) is 9.23. The molecule has 1 aliphatic rings. The molecule has 0 radical (unpaired) electrons. The van der Waals surface area contributed by atoms with Crippen molar-refractivity contribution < 1.29 is 0 Å². The fraction of sp³-hybridized carbons (Fsp3) is 0.529. The topological polar surface area (TPSA) is 27.8 Å². The average Bonchev–Trinajstić information content (AvgIpc) is 2.78. The molecule has 1 aromatic heterocycles. The Morgan fingerprint density at radius 1 is 1.11 bits per heavy atom. The number of H-pyrrole nitrogens is 1. The summed E-state index contributed by atoms with van der Waals surface area (Å²) in [6.07, 6.45) is 6.19. The van der Waals surface area contributed by atoms with Crippen molar-refractivity contribution in [1.29, 1.82) is 0 Å². The number of rotatable bonds is 3. The number of aromatic nitrogens is 1. The first-order valence-electron chi connectivity index (χ1n) is 7.50. The highest BCUT2D eigenvalue weighted by Crippen LogP contribution is 2.29. The lowest BCUT2D eigenvalue weighted by Gasteiger charge is -2.32. The van der Waals surface area contributed by atoms with Crippen molar-refractivity contribution in [3.8, 4) is 0 Å². The molecule has 2 heteroatoms. The molecule has 1 aliphatic carbocycles. The zero-order valence-corrected chi connectivity index (χ0v) is 11.9. The number of fused-ring (bicyclic) bond motifs is 1. The van der Waals surface area contributed by atoms with Crippen LogP contribution < -0.4 is 5.32 Å². The third-order valence-electron chi connectivity index (χ3n) is 4.43. The Labute approximate surface area is 115 Å². The van der Waals surface area contributed by atoms with E-state index in [1.54, 1.807) is 0 Å². The molecule has 1 saturated carbocycles. The van der Waals surface area contributed by atoms with E-state index < -0.39 is 0 Å². The first kappa shape index (κ1) is 12.7. The lowest BCUT2D eigenvalue weighted by atomic mass is 9.80. The van der Waals surface area contributed by atoms with Crippen LogP contribution in [-0.4, -0.2) is 11.0 Å². The highest BCUT2D eigenvalue weighted by molar-refractivity contribution is 5.82. The lowest BCUT2D eigenvalue weighted by Crippen LogP contribution is -2.35. The fourth-order valence-electron chi connectivity index (χ4n) is 3.65. The molecule has 0 spiro atoms. The first-order chi connectivity index (χ1) is 9.22. The Kier molecular flexibility index (Phi) is 3.61. The van der Waals surface area contributed by atoms with Crippen molar-refractivity contribution >= 4 is 10.9 Å². The quantitative estimate of drug-likeness (QED) is 0.850. The van der Waals surface area contributed by atoms with Gasteiger partial charge in [-0.25, -0.2) is 0 Å². The molecule has 2 nitrogen and oxygen atoms in total. The van der Waals surface area contributed by atoms with Crippen molar-refractivity contribution in [2.24, 2.45) is 11.8 Å². The van der Waals surface area contributed by atoms with Gasteiger partial charge < -0.3 is 10.3 Å². The maximum absolute atomic E-state index is 3.76. The van der Waals surface area contributed by atoms with Gasteiger partial charge in [-0.3, -0.25) is 0 Å². The SMILES string of the molecule is CC1CC(C)CC(NCc2c[nH]c3ccccc23)C1. The lowest BCUT2D eigenvalue weighted by molar-refractivity contribution is 0.238. The zero-order valence-electron chi connectivity index (χ0n) is 11.9. The summed E-state index contributed by atoms with van der Waals surface area (Å²) < 4.78 is 0. The molecule has 0 bridgehead atoms. The second kappa shape index (κ2) is 5.38. The summed E-state index contributed by atoms with van der Waals surface area (Å²) in [5.74, 6) is 1.73. The highest BCUT2D eigenvalue weighted by atomic mass is 14.9. The summed E-state index contributed by atoms with van der Waals surface area (Å²) in [6.45, 7) is 5.75. The normalized spacial score (nSPS) is 27.8. The second-order valence-electron chi connectivity index (χ2n) is 6.35. The average molecular weight is 256 g/mol. The van der Waals surface area contributed by atoms with Crippen LogP contribution in [0.3, 0.4) is 0 Å². The van der Waals surface area contributed by atoms with E-state index in [1.807, 2.05) is 0 Å². The summed E-state index contributed by atoms with van der Waals surface area (Å²) in [5.41, 5.74) is 2.63. The van der Waals surface area contributed by atoms with Crippen molar-refractivity contribution in [2.75, 3.05) is 0 Å². The number of hydrogen-bond acceptors (Lipinski definition) is 1. The number of nitrogens with one attached hydrogen (secondary N) is 2. The number of aromatic amines is 1. The van der Waals surface area contributed by atoms with Crippen molar-refractivity contribution in [3.05, 3.63) is 36.0 Å². The van der Waals surface area contributed by atoms with E-state index >= 15 is 0 Å². The summed E-state index contributed by atoms with van der Waals surface area (Å²) in [4.78, 5) is 3.35. The maximum atomic E-state index is 3.76. The monoisotopic (exact) mass is 256 g/mol. The molecule has 2 unspecified atom stereocenters. The molecule has 102 valence electrons. The summed E-state index contributed by atoms with van der Waals surface area (Å²) >= 11 is 0. The van der Waals surface area contributed by atoms with Gasteiger partial charge in [-0.15, -0.1) is 0 Å². The van der Waals surface area contributed by atoms with Gasteiger partial charge in [0.25, 0.3) is 0 Å². The number of hydrogen-bond donors (Lipinski definition) is 2. The van der Waals surface area contributed by atoms with Gasteiger partial charge in [-0.05, 0) is 42.7 Å². The molecular weight excluding hydrogens is 232 g/mol. The number of para-hydroxylation sites is 1. The van der Waals surface area contributed by atoms with Crippen molar-refractivity contribution in [1.82, 2.24) is 10.3 Å². The predicted molar refractivity (Wildman–Crippen MR) is 81.1 cm³/mol. The minimum absolute atomic E-state index is 0.687. The molecule has 2 N–H and O–H groups in total. The van der Waals surface area contributed by atoms with E-state index in [0.29, 0.717) is 6.04 Å². The Morgan fingerprint density at radius 2 is 1.84 bits per heavy atom. The van der Waals surface area contributed by atoms with Crippen LogP contribution in [0.5, 0.6) is 0 Å². The molecule has 1 fully saturated rings. The zero-order chi connectivity index (χ0) is 13.2.